The lowest BCUT2D eigenvalue weighted by atomic mass is 10.00. The van der Waals surface area contributed by atoms with E-state index in [9.17, 15) is 14.4 Å². The van der Waals surface area contributed by atoms with E-state index in [-0.39, 0.29) is 11.9 Å². The Bertz CT molecular complexity index is 1040. The summed E-state index contributed by atoms with van der Waals surface area (Å²) in [7, 11) is 0. The number of carbonyl (C=O) groups is 3. The average Bonchev–Trinajstić information content (AvgIpc) is 2.77. The monoisotopic (exact) mass is 404 g/mol. The van der Waals surface area contributed by atoms with E-state index in [1.54, 1.807) is 30.3 Å². The molecule has 3 rings (SSSR count). The summed E-state index contributed by atoms with van der Waals surface area (Å²) in [4.78, 5) is 36.5. The zero-order valence-electron chi connectivity index (χ0n) is 16.9. The maximum Gasteiger partial charge on any atom is 0.328 e. The molecule has 6 nitrogen and oxygen atoms in total. The van der Waals surface area contributed by atoms with Crippen LogP contribution < -0.4 is 10.6 Å². The SMILES string of the molecule is C[C@H](NC(=O)c1ccccc1)C(=O)OCC(=O)N[C@H](C)c1cccc2ccccc12. The Labute approximate surface area is 175 Å². The molecule has 0 heterocycles. The van der Waals surface area contributed by atoms with Crippen molar-refractivity contribution in [3.8, 4) is 0 Å². The fourth-order valence-electron chi connectivity index (χ4n) is 3.18. The lowest BCUT2D eigenvalue weighted by Gasteiger charge is -2.17. The molecule has 154 valence electrons. The molecular weight excluding hydrogens is 380 g/mol. The van der Waals surface area contributed by atoms with E-state index in [0.29, 0.717) is 5.56 Å². The van der Waals surface area contributed by atoms with Gasteiger partial charge in [-0.25, -0.2) is 4.79 Å². The van der Waals surface area contributed by atoms with Gasteiger partial charge < -0.3 is 15.4 Å². The molecule has 0 aliphatic rings. The summed E-state index contributed by atoms with van der Waals surface area (Å²) in [6, 6.07) is 21.3. The molecule has 0 spiro atoms. The maximum atomic E-state index is 12.3. The van der Waals surface area contributed by atoms with Crippen LogP contribution in [0.5, 0.6) is 0 Å². The Kier molecular flexibility index (Phi) is 6.80. The molecule has 2 N–H and O–H groups in total. The fourth-order valence-corrected chi connectivity index (χ4v) is 3.18. The van der Waals surface area contributed by atoms with E-state index >= 15 is 0 Å². The Morgan fingerprint density at radius 1 is 0.833 bits per heavy atom. The molecule has 30 heavy (non-hydrogen) atoms. The number of esters is 1. The number of fused-ring (bicyclic) bond motifs is 1. The maximum absolute atomic E-state index is 12.3. The topological polar surface area (TPSA) is 84.5 Å². The minimum atomic E-state index is -0.874. The Balaban J connectivity index is 1.51. The first-order valence-corrected chi connectivity index (χ1v) is 9.75. The Morgan fingerprint density at radius 3 is 2.27 bits per heavy atom. The van der Waals surface area contributed by atoms with Gasteiger partial charge >= 0.3 is 5.97 Å². The van der Waals surface area contributed by atoms with E-state index < -0.39 is 24.5 Å². The van der Waals surface area contributed by atoms with Crippen LogP contribution >= 0.6 is 0 Å². The van der Waals surface area contributed by atoms with Gasteiger partial charge in [0, 0.05) is 5.56 Å². The van der Waals surface area contributed by atoms with Crippen LogP contribution in [0.1, 0.15) is 35.8 Å². The second-order valence-electron chi connectivity index (χ2n) is 7.03. The van der Waals surface area contributed by atoms with Crippen molar-refractivity contribution in [3.63, 3.8) is 0 Å². The molecular formula is C24H24N2O4. The highest BCUT2D eigenvalue weighted by Crippen LogP contribution is 2.23. The molecule has 6 heteroatoms. The van der Waals surface area contributed by atoms with Crippen molar-refractivity contribution in [1.82, 2.24) is 10.6 Å². The van der Waals surface area contributed by atoms with Gasteiger partial charge in [0.15, 0.2) is 6.61 Å². The summed E-state index contributed by atoms with van der Waals surface area (Å²) < 4.78 is 5.06. The molecule has 0 aliphatic carbocycles. The second-order valence-corrected chi connectivity index (χ2v) is 7.03. The molecule has 0 aromatic heterocycles. The highest BCUT2D eigenvalue weighted by atomic mass is 16.5. The van der Waals surface area contributed by atoms with Crippen molar-refractivity contribution in [1.29, 1.82) is 0 Å². The summed E-state index contributed by atoms with van der Waals surface area (Å²) >= 11 is 0. The molecule has 2 atom stereocenters. The largest absolute Gasteiger partial charge is 0.454 e. The minimum absolute atomic E-state index is 0.252. The van der Waals surface area contributed by atoms with E-state index in [1.165, 1.54) is 6.92 Å². The molecule has 0 aliphatic heterocycles. The molecule has 0 bridgehead atoms. The predicted molar refractivity (Wildman–Crippen MR) is 115 cm³/mol. The molecule has 2 amide bonds. The number of ether oxygens (including phenoxy) is 1. The number of rotatable bonds is 7. The van der Waals surface area contributed by atoms with Gasteiger partial charge in [0.25, 0.3) is 11.8 Å². The second kappa shape index (κ2) is 9.69. The lowest BCUT2D eigenvalue weighted by molar-refractivity contribution is -0.150. The number of nitrogens with one attached hydrogen (secondary N) is 2. The van der Waals surface area contributed by atoms with Gasteiger partial charge in [0.05, 0.1) is 6.04 Å². The van der Waals surface area contributed by atoms with Crippen LogP contribution in [0.25, 0.3) is 10.8 Å². The third-order valence-corrected chi connectivity index (χ3v) is 4.75. The highest BCUT2D eigenvalue weighted by molar-refractivity contribution is 5.96. The zero-order valence-corrected chi connectivity index (χ0v) is 16.9. The summed E-state index contributed by atoms with van der Waals surface area (Å²) in [5.74, 6) is -1.47. The molecule has 0 unspecified atom stereocenters. The number of hydrogen-bond donors (Lipinski definition) is 2. The van der Waals surface area contributed by atoms with Gasteiger partial charge in [-0.3, -0.25) is 9.59 Å². The van der Waals surface area contributed by atoms with Crippen LogP contribution in [-0.4, -0.2) is 30.4 Å². The quantitative estimate of drug-likeness (QED) is 0.591. The van der Waals surface area contributed by atoms with E-state index in [0.717, 1.165) is 16.3 Å². The van der Waals surface area contributed by atoms with Crippen molar-refractivity contribution in [2.45, 2.75) is 25.9 Å². The summed E-state index contributed by atoms with van der Waals surface area (Å²) in [5.41, 5.74) is 1.43. The minimum Gasteiger partial charge on any atom is -0.454 e. The first kappa shape index (κ1) is 21.0. The first-order chi connectivity index (χ1) is 14.5. The van der Waals surface area contributed by atoms with Gasteiger partial charge in [0.1, 0.15) is 6.04 Å². The van der Waals surface area contributed by atoms with Crippen LogP contribution in [0.3, 0.4) is 0 Å². The predicted octanol–water partition coefficient (Wildman–Crippen LogP) is 3.38. The average molecular weight is 404 g/mol. The molecule has 0 radical (unpaired) electrons. The Morgan fingerprint density at radius 2 is 1.50 bits per heavy atom. The normalized spacial score (nSPS) is 12.6. The summed E-state index contributed by atoms with van der Waals surface area (Å²) in [5, 5.41) is 7.55. The molecule has 3 aromatic rings. The van der Waals surface area contributed by atoms with Crippen molar-refractivity contribution >= 4 is 28.6 Å². The smallest absolute Gasteiger partial charge is 0.328 e. The zero-order chi connectivity index (χ0) is 21.5. The van der Waals surface area contributed by atoms with Crippen LogP contribution in [0.2, 0.25) is 0 Å². The van der Waals surface area contributed by atoms with Crippen LogP contribution in [0, 0.1) is 0 Å². The van der Waals surface area contributed by atoms with E-state index in [1.807, 2.05) is 49.4 Å². The van der Waals surface area contributed by atoms with Crippen LogP contribution in [0.15, 0.2) is 72.8 Å². The third-order valence-electron chi connectivity index (χ3n) is 4.75. The number of hydrogen-bond acceptors (Lipinski definition) is 4. The van der Waals surface area contributed by atoms with Gasteiger partial charge in [-0.15, -0.1) is 0 Å². The highest BCUT2D eigenvalue weighted by Gasteiger charge is 2.20. The summed E-state index contributed by atoms with van der Waals surface area (Å²) in [6.45, 7) is 2.98. The number of benzene rings is 3. The van der Waals surface area contributed by atoms with E-state index in [4.69, 9.17) is 4.74 Å². The van der Waals surface area contributed by atoms with Gasteiger partial charge in [-0.1, -0.05) is 60.7 Å². The number of carbonyl (C=O) groups excluding carboxylic acids is 3. The fraction of sp³-hybridized carbons (Fsp3) is 0.208. The van der Waals surface area contributed by atoms with Gasteiger partial charge in [-0.2, -0.15) is 0 Å². The molecule has 0 fully saturated rings. The Hall–Kier alpha value is -3.67. The van der Waals surface area contributed by atoms with Crippen molar-refractivity contribution in [2.75, 3.05) is 6.61 Å². The standard InChI is InChI=1S/C24H24N2O4/c1-16(20-14-8-12-18-9-6-7-13-21(18)20)25-22(27)15-30-24(29)17(2)26-23(28)19-10-4-3-5-11-19/h3-14,16-17H,15H2,1-2H3,(H,25,27)(H,26,28)/t16-,17+/m1/s1. The molecule has 3 aromatic carbocycles. The van der Waals surface area contributed by atoms with Gasteiger partial charge in [-0.05, 0) is 42.3 Å². The molecule has 0 saturated heterocycles. The first-order valence-electron chi connectivity index (χ1n) is 9.75. The van der Waals surface area contributed by atoms with Crippen molar-refractivity contribution in [2.24, 2.45) is 0 Å². The van der Waals surface area contributed by atoms with Crippen LogP contribution in [-0.2, 0) is 14.3 Å². The van der Waals surface area contributed by atoms with Crippen LogP contribution in [0.4, 0.5) is 0 Å². The third kappa shape index (κ3) is 5.23. The molecule has 0 saturated carbocycles. The van der Waals surface area contributed by atoms with Crippen molar-refractivity contribution < 1.29 is 19.1 Å². The lowest BCUT2D eigenvalue weighted by Crippen LogP contribution is -2.41. The van der Waals surface area contributed by atoms with Gasteiger partial charge in [0.2, 0.25) is 0 Å². The summed E-state index contributed by atoms with van der Waals surface area (Å²) in [6.07, 6.45) is 0. The van der Waals surface area contributed by atoms with E-state index in [2.05, 4.69) is 10.6 Å². The van der Waals surface area contributed by atoms with Crippen molar-refractivity contribution in [3.05, 3.63) is 83.9 Å². The number of amides is 2.